The fraction of sp³-hybridized carbons (Fsp3) is 0.650. The summed E-state index contributed by atoms with van der Waals surface area (Å²) < 4.78 is 27.3. The molecule has 1 heterocycles. The Labute approximate surface area is 163 Å². The Balaban J connectivity index is 1.71. The fourth-order valence-electron chi connectivity index (χ4n) is 3.89. The largest absolute Gasteiger partial charge is 0.355 e. The van der Waals surface area contributed by atoms with Crippen LogP contribution in [0.1, 0.15) is 37.8 Å². The molecule has 2 unspecified atom stereocenters. The van der Waals surface area contributed by atoms with Crippen molar-refractivity contribution in [3.63, 3.8) is 0 Å². The number of benzene rings is 1. The number of amides is 1. The highest BCUT2D eigenvalue weighted by Crippen LogP contribution is 2.20. The van der Waals surface area contributed by atoms with Gasteiger partial charge in [0, 0.05) is 39.1 Å². The first-order valence-electron chi connectivity index (χ1n) is 9.73. The van der Waals surface area contributed by atoms with Gasteiger partial charge in [-0.2, -0.15) is 0 Å². The first-order chi connectivity index (χ1) is 12.7. The highest BCUT2D eigenvalue weighted by atomic mass is 32.2. The quantitative estimate of drug-likeness (QED) is 0.706. The van der Waals surface area contributed by atoms with E-state index in [1.165, 1.54) is 6.42 Å². The average Bonchev–Trinajstić information content (AvgIpc) is 2.53. The van der Waals surface area contributed by atoms with Gasteiger partial charge in [0.1, 0.15) is 0 Å². The first kappa shape index (κ1) is 21.9. The van der Waals surface area contributed by atoms with Gasteiger partial charge in [-0.1, -0.05) is 31.5 Å². The van der Waals surface area contributed by atoms with Crippen LogP contribution in [0.3, 0.4) is 0 Å². The van der Waals surface area contributed by atoms with E-state index in [1.807, 2.05) is 13.0 Å². The highest BCUT2D eigenvalue weighted by Gasteiger charge is 2.21. The highest BCUT2D eigenvalue weighted by molar-refractivity contribution is 7.89. The van der Waals surface area contributed by atoms with E-state index in [9.17, 15) is 13.2 Å². The predicted molar refractivity (Wildman–Crippen MR) is 108 cm³/mol. The molecule has 0 radical (unpaired) electrons. The molecule has 0 bridgehead atoms. The second-order valence-corrected chi connectivity index (χ2v) is 9.71. The molecule has 1 fully saturated rings. The Hall–Kier alpha value is -1.44. The van der Waals surface area contributed by atoms with Gasteiger partial charge in [0.05, 0.1) is 4.90 Å². The van der Waals surface area contributed by atoms with E-state index in [-0.39, 0.29) is 23.8 Å². The monoisotopic (exact) mass is 395 g/mol. The predicted octanol–water partition coefficient (Wildman–Crippen LogP) is 2.07. The van der Waals surface area contributed by atoms with Gasteiger partial charge in [-0.05, 0) is 43.7 Å². The van der Waals surface area contributed by atoms with Crippen molar-refractivity contribution in [2.45, 2.75) is 45.4 Å². The zero-order valence-corrected chi connectivity index (χ0v) is 17.7. The Morgan fingerprint density at radius 1 is 1.15 bits per heavy atom. The molecule has 152 valence electrons. The summed E-state index contributed by atoms with van der Waals surface area (Å²) in [4.78, 5) is 14.6. The van der Waals surface area contributed by atoms with Crippen molar-refractivity contribution in [1.82, 2.24) is 14.9 Å². The second kappa shape index (κ2) is 9.66. The van der Waals surface area contributed by atoms with Crippen molar-refractivity contribution in [1.29, 1.82) is 0 Å². The smallest absolute Gasteiger partial charge is 0.240 e. The van der Waals surface area contributed by atoms with Gasteiger partial charge in [0.2, 0.25) is 15.9 Å². The minimum absolute atomic E-state index is 0.0965. The second-order valence-electron chi connectivity index (χ2n) is 7.97. The van der Waals surface area contributed by atoms with Crippen LogP contribution in [0.4, 0.5) is 0 Å². The molecule has 1 aromatic carbocycles. The molecule has 1 amide bonds. The standard InChI is InChI=1S/C20H33N3O3S/c1-15-5-6-19(18(4)12-15)27(25,26)22-8-7-20(24)21-9-10-23-13-16(2)11-17(3)14-23/h5-6,12,16-17,22H,7-11,13-14H2,1-4H3,(H,21,24). The maximum atomic E-state index is 12.4. The van der Waals surface area contributed by atoms with Crippen molar-refractivity contribution < 1.29 is 13.2 Å². The Kier molecular flexibility index (Phi) is 7.82. The number of nitrogens with zero attached hydrogens (tertiary/aromatic N) is 1. The van der Waals surface area contributed by atoms with Crippen molar-refractivity contribution in [2.24, 2.45) is 11.8 Å². The first-order valence-corrected chi connectivity index (χ1v) is 11.2. The number of hydrogen-bond acceptors (Lipinski definition) is 4. The van der Waals surface area contributed by atoms with Crippen molar-refractivity contribution in [3.8, 4) is 0 Å². The van der Waals surface area contributed by atoms with Gasteiger partial charge in [-0.25, -0.2) is 13.1 Å². The van der Waals surface area contributed by atoms with E-state index < -0.39 is 10.0 Å². The SMILES string of the molecule is Cc1ccc(S(=O)(=O)NCCC(=O)NCCN2CC(C)CC(C)C2)c(C)c1. The number of piperidine rings is 1. The maximum Gasteiger partial charge on any atom is 0.240 e. The van der Waals surface area contributed by atoms with Crippen molar-refractivity contribution >= 4 is 15.9 Å². The van der Waals surface area contributed by atoms with Gasteiger partial charge in [-0.3, -0.25) is 4.79 Å². The van der Waals surface area contributed by atoms with Crippen molar-refractivity contribution in [2.75, 3.05) is 32.7 Å². The molecule has 0 aliphatic carbocycles. The summed E-state index contributed by atoms with van der Waals surface area (Å²) in [5.41, 5.74) is 1.72. The molecular weight excluding hydrogens is 362 g/mol. The van der Waals surface area contributed by atoms with Gasteiger partial charge in [0.25, 0.3) is 0 Å². The molecule has 1 aromatic rings. The summed E-state index contributed by atoms with van der Waals surface area (Å²) in [6.45, 7) is 11.9. The number of carbonyl (C=O) groups is 1. The number of sulfonamides is 1. The van der Waals surface area contributed by atoms with Crippen LogP contribution in [0, 0.1) is 25.7 Å². The van der Waals surface area contributed by atoms with Gasteiger partial charge >= 0.3 is 0 Å². The summed E-state index contributed by atoms with van der Waals surface area (Å²) >= 11 is 0. The number of nitrogens with one attached hydrogen (secondary N) is 2. The lowest BCUT2D eigenvalue weighted by Gasteiger charge is -2.34. The average molecular weight is 396 g/mol. The Bertz CT molecular complexity index is 739. The van der Waals surface area contributed by atoms with E-state index in [0.29, 0.717) is 23.9 Å². The number of carbonyl (C=O) groups excluding carboxylic acids is 1. The number of likely N-dealkylation sites (tertiary alicyclic amines) is 1. The topological polar surface area (TPSA) is 78.5 Å². The fourth-order valence-corrected chi connectivity index (χ4v) is 5.15. The molecule has 1 aliphatic heterocycles. The molecule has 0 spiro atoms. The lowest BCUT2D eigenvalue weighted by Crippen LogP contribution is -2.43. The third-order valence-electron chi connectivity index (χ3n) is 4.96. The van der Waals surface area contributed by atoms with Crippen LogP contribution in [-0.4, -0.2) is 51.9 Å². The van der Waals surface area contributed by atoms with Crippen LogP contribution in [0.2, 0.25) is 0 Å². The molecule has 2 atom stereocenters. The minimum Gasteiger partial charge on any atom is -0.355 e. The van der Waals surface area contributed by atoms with Crippen LogP contribution in [-0.2, 0) is 14.8 Å². The summed E-state index contributed by atoms with van der Waals surface area (Å²) in [5.74, 6) is 1.27. The Morgan fingerprint density at radius 3 is 2.44 bits per heavy atom. The number of rotatable bonds is 8. The maximum absolute atomic E-state index is 12.4. The molecule has 7 heteroatoms. The number of hydrogen-bond donors (Lipinski definition) is 2. The zero-order valence-electron chi connectivity index (χ0n) is 16.9. The van der Waals surface area contributed by atoms with Gasteiger partial charge in [0.15, 0.2) is 0 Å². The van der Waals surface area contributed by atoms with Crippen molar-refractivity contribution in [3.05, 3.63) is 29.3 Å². The number of aryl methyl sites for hydroxylation is 2. The van der Waals surface area contributed by atoms with E-state index in [2.05, 4.69) is 28.8 Å². The lowest BCUT2D eigenvalue weighted by molar-refractivity contribution is -0.121. The summed E-state index contributed by atoms with van der Waals surface area (Å²) in [7, 11) is -3.59. The molecule has 0 saturated carbocycles. The molecule has 6 nitrogen and oxygen atoms in total. The molecule has 2 rings (SSSR count). The molecule has 0 aromatic heterocycles. The molecule has 1 saturated heterocycles. The third kappa shape index (κ3) is 6.90. The van der Waals surface area contributed by atoms with E-state index in [4.69, 9.17) is 0 Å². The van der Waals surface area contributed by atoms with Crippen LogP contribution < -0.4 is 10.0 Å². The summed E-state index contributed by atoms with van der Waals surface area (Å²) in [5, 5.41) is 2.89. The van der Waals surface area contributed by atoms with E-state index in [1.54, 1.807) is 19.1 Å². The zero-order chi connectivity index (χ0) is 20.0. The minimum atomic E-state index is -3.59. The third-order valence-corrected chi connectivity index (χ3v) is 6.58. The molecule has 2 N–H and O–H groups in total. The van der Waals surface area contributed by atoms with Crippen LogP contribution in [0.15, 0.2) is 23.1 Å². The van der Waals surface area contributed by atoms with Crippen LogP contribution in [0.5, 0.6) is 0 Å². The van der Waals surface area contributed by atoms with E-state index in [0.717, 1.165) is 25.2 Å². The van der Waals surface area contributed by atoms with Gasteiger partial charge in [-0.15, -0.1) is 0 Å². The normalized spacial score (nSPS) is 21.2. The lowest BCUT2D eigenvalue weighted by atomic mass is 9.92. The molecule has 27 heavy (non-hydrogen) atoms. The summed E-state index contributed by atoms with van der Waals surface area (Å²) in [6.07, 6.45) is 1.40. The van der Waals surface area contributed by atoms with Crippen LogP contribution in [0.25, 0.3) is 0 Å². The molecule has 1 aliphatic rings. The Morgan fingerprint density at radius 2 is 1.81 bits per heavy atom. The van der Waals surface area contributed by atoms with Gasteiger partial charge < -0.3 is 10.2 Å². The summed E-state index contributed by atoms with van der Waals surface area (Å²) in [6, 6.07) is 5.22. The molecular formula is C20H33N3O3S. The van der Waals surface area contributed by atoms with E-state index >= 15 is 0 Å². The van der Waals surface area contributed by atoms with Crippen LogP contribution >= 0.6 is 0 Å².